The maximum atomic E-state index is 12.8. The molecule has 2 N–H and O–H groups in total. The number of likely N-dealkylation sites (N-methyl/N-ethyl adjacent to an activating group) is 1. The zero-order valence-corrected chi connectivity index (χ0v) is 16.3. The van der Waals surface area contributed by atoms with Gasteiger partial charge in [-0.2, -0.15) is 0 Å². The molecule has 0 bridgehead atoms. The van der Waals surface area contributed by atoms with E-state index in [0.29, 0.717) is 10.0 Å². The van der Waals surface area contributed by atoms with Gasteiger partial charge in [0.05, 0.1) is 18.8 Å². The quantitative estimate of drug-likeness (QED) is 0.793. The van der Waals surface area contributed by atoms with Crippen LogP contribution in [-0.4, -0.2) is 46.9 Å². The van der Waals surface area contributed by atoms with E-state index >= 15 is 0 Å². The second-order valence-corrected chi connectivity index (χ2v) is 7.49. The van der Waals surface area contributed by atoms with Crippen LogP contribution in [0.2, 0.25) is 10.0 Å². The molecule has 0 aromatic heterocycles. The highest BCUT2D eigenvalue weighted by Gasteiger charge is 2.42. The molecule has 2 aromatic carbocycles. The van der Waals surface area contributed by atoms with Crippen molar-refractivity contribution in [1.29, 1.82) is 0 Å². The third-order valence-corrected chi connectivity index (χ3v) is 5.25. The normalized spacial score (nSPS) is 24.1. The minimum Gasteiger partial charge on any atom is -0.394 e. The van der Waals surface area contributed by atoms with Crippen molar-refractivity contribution in [3.63, 3.8) is 0 Å². The number of aliphatic hydroxyl groups is 2. The molecule has 0 aliphatic carbocycles. The van der Waals surface area contributed by atoms with Gasteiger partial charge in [-0.25, -0.2) is 0 Å². The van der Waals surface area contributed by atoms with Crippen molar-refractivity contribution >= 4 is 29.1 Å². The predicted molar refractivity (Wildman–Crippen MR) is 104 cm³/mol. The van der Waals surface area contributed by atoms with Gasteiger partial charge in [-0.15, -0.1) is 0 Å². The second kappa shape index (κ2) is 8.59. The summed E-state index contributed by atoms with van der Waals surface area (Å²) in [5.41, 5.74) is 1.75. The van der Waals surface area contributed by atoms with Crippen LogP contribution >= 0.6 is 23.2 Å². The molecule has 0 spiro atoms. The van der Waals surface area contributed by atoms with Gasteiger partial charge in [-0.3, -0.25) is 4.79 Å². The summed E-state index contributed by atoms with van der Waals surface area (Å²) in [6.07, 6.45) is -2.30. The zero-order chi connectivity index (χ0) is 19.6. The van der Waals surface area contributed by atoms with Crippen molar-refractivity contribution in [2.24, 2.45) is 0 Å². The standard InChI is InChI=1S/C20H21Cl2NO4/c1-23-18(12-2-6-14(21)7-3-12)19(13-4-8-15(22)9-5-13)27-17(20(23)26)10-16(25)11-24/h2-9,16-19,24-25H,10-11H2,1H3/t16-,17-,18+,19-/m1/s1. The summed E-state index contributed by atoms with van der Waals surface area (Å²) >= 11 is 12.0. The number of amides is 1. The molecule has 0 radical (unpaired) electrons. The van der Waals surface area contributed by atoms with Crippen LogP contribution in [0.15, 0.2) is 48.5 Å². The van der Waals surface area contributed by atoms with Crippen molar-refractivity contribution < 1.29 is 19.7 Å². The average molecular weight is 410 g/mol. The van der Waals surface area contributed by atoms with E-state index in [2.05, 4.69) is 0 Å². The van der Waals surface area contributed by atoms with Crippen LogP contribution in [0.4, 0.5) is 0 Å². The topological polar surface area (TPSA) is 70.0 Å². The number of aliphatic hydroxyl groups excluding tert-OH is 2. The highest BCUT2D eigenvalue weighted by atomic mass is 35.5. The van der Waals surface area contributed by atoms with Gasteiger partial charge in [-0.05, 0) is 35.4 Å². The third kappa shape index (κ3) is 4.45. The summed E-state index contributed by atoms with van der Waals surface area (Å²) in [6.45, 7) is -0.428. The van der Waals surface area contributed by atoms with Gasteiger partial charge in [0.2, 0.25) is 0 Å². The first-order valence-corrected chi connectivity index (χ1v) is 9.38. The minimum atomic E-state index is -1.02. The van der Waals surface area contributed by atoms with E-state index in [1.165, 1.54) is 0 Å². The molecule has 1 fully saturated rings. The van der Waals surface area contributed by atoms with Gasteiger partial charge in [0.25, 0.3) is 5.91 Å². The molecular formula is C20H21Cl2NO4. The number of carbonyl (C=O) groups excluding carboxylic acids is 1. The predicted octanol–water partition coefficient (Wildman–Crippen LogP) is 3.38. The zero-order valence-electron chi connectivity index (χ0n) is 14.8. The van der Waals surface area contributed by atoms with E-state index in [1.807, 2.05) is 24.3 Å². The Balaban J connectivity index is 1.99. The van der Waals surface area contributed by atoms with Crippen LogP contribution < -0.4 is 0 Å². The summed E-state index contributed by atoms with van der Waals surface area (Å²) in [7, 11) is 1.71. The maximum Gasteiger partial charge on any atom is 0.252 e. The molecule has 1 amide bonds. The van der Waals surface area contributed by atoms with Gasteiger partial charge >= 0.3 is 0 Å². The lowest BCUT2D eigenvalue weighted by molar-refractivity contribution is -0.175. The smallest absolute Gasteiger partial charge is 0.252 e. The Labute approximate surface area is 168 Å². The number of benzene rings is 2. The number of halogens is 2. The molecule has 1 heterocycles. The third-order valence-electron chi connectivity index (χ3n) is 4.74. The van der Waals surface area contributed by atoms with E-state index in [4.69, 9.17) is 33.0 Å². The van der Waals surface area contributed by atoms with Crippen LogP contribution in [0.3, 0.4) is 0 Å². The molecule has 27 heavy (non-hydrogen) atoms. The highest BCUT2D eigenvalue weighted by molar-refractivity contribution is 6.30. The number of carbonyl (C=O) groups is 1. The molecule has 1 saturated heterocycles. The molecule has 4 atom stereocenters. The monoisotopic (exact) mass is 409 g/mol. The molecule has 2 aromatic rings. The molecule has 0 unspecified atom stereocenters. The van der Waals surface area contributed by atoms with Gasteiger partial charge in [-0.1, -0.05) is 47.5 Å². The van der Waals surface area contributed by atoms with Crippen molar-refractivity contribution in [3.8, 4) is 0 Å². The van der Waals surface area contributed by atoms with Gasteiger partial charge < -0.3 is 19.8 Å². The molecular weight excluding hydrogens is 389 g/mol. The van der Waals surface area contributed by atoms with Crippen LogP contribution in [0.5, 0.6) is 0 Å². The molecule has 7 heteroatoms. The fraction of sp³-hybridized carbons (Fsp3) is 0.350. The molecule has 3 rings (SSSR count). The van der Waals surface area contributed by atoms with Crippen molar-refractivity contribution in [2.75, 3.05) is 13.7 Å². The first kappa shape index (κ1) is 20.1. The number of ether oxygens (including phenoxy) is 1. The summed E-state index contributed by atoms with van der Waals surface area (Å²) in [4.78, 5) is 14.4. The molecule has 5 nitrogen and oxygen atoms in total. The second-order valence-electron chi connectivity index (χ2n) is 6.61. The molecule has 1 aliphatic rings. The van der Waals surface area contributed by atoms with Crippen LogP contribution in [0.1, 0.15) is 29.7 Å². The van der Waals surface area contributed by atoms with E-state index in [1.54, 1.807) is 36.2 Å². The average Bonchev–Trinajstić information content (AvgIpc) is 2.67. The van der Waals surface area contributed by atoms with Crippen molar-refractivity contribution in [2.45, 2.75) is 30.8 Å². The Morgan fingerprint density at radius 2 is 1.56 bits per heavy atom. The lowest BCUT2D eigenvalue weighted by Gasteiger charge is -2.43. The summed E-state index contributed by atoms with van der Waals surface area (Å²) < 4.78 is 6.13. The van der Waals surface area contributed by atoms with Gasteiger partial charge in [0.15, 0.2) is 0 Å². The maximum absolute atomic E-state index is 12.8. The van der Waals surface area contributed by atoms with Crippen molar-refractivity contribution in [3.05, 3.63) is 69.7 Å². The van der Waals surface area contributed by atoms with E-state index in [9.17, 15) is 9.90 Å². The Hall–Kier alpha value is -1.63. The number of nitrogens with zero attached hydrogens (tertiary/aromatic N) is 1. The number of rotatable bonds is 5. The fourth-order valence-electron chi connectivity index (χ4n) is 3.33. The summed E-state index contributed by atoms with van der Waals surface area (Å²) in [5.74, 6) is -0.243. The fourth-order valence-corrected chi connectivity index (χ4v) is 3.58. The Bertz CT molecular complexity index is 782. The number of hydrogen-bond donors (Lipinski definition) is 2. The highest BCUT2D eigenvalue weighted by Crippen LogP contribution is 2.42. The van der Waals surface area contributed by atoms with E-state index < -0.39 is 24.9 Å². The Morgan fingerprint density at radius 3 is 2.07 bits per heavy atom. The van der Waals surface area contributed by atoms with E-state index in [0.717, 1.165) is 11.1 Å². The van der Waals surface area contributed by atoms with Crippen molar-refractivity contribution in [1.82, 2.24) is 4.90 Å². The Kier molecular flexibility index (Phi) is 6.40. The van der Waals surface area contributed by atoms with Gasteiger partial charge in [0.1, 0.15) is 12.2 Å². The molecule has 0 saturated carbocycles. The summed E-state index contributed by atoms with van der Waals surface area (Å²) in [6, 6.07) is 14.2. The minimum absolute atomic E-state index is 0.0249. The lowest BCUT2D eigenvalue weighted by Crippen LogP contribution is -2.50. The van der Waals surface area contributed by atoms with Crippen LogP contribution in [0.25, 0.3) is 0 Å². The summed E-state index contributed by atoms with van der Waals surface area (Å²) in [5, 5.41) is 20.1. The first-order chi connectivity index (χ1) is 12.9. The lowest BCUT2D eigenvalue weighted by atomic mass is 9.91. The van der Waals surface area contributed by atoms with E-state index in [-0.39, 0.29) is 18.4 Å². The van der Waals surface area contributed by atoms with Gasteiger partial charge in [0, 0.05) is 23.5 Å². The SMILES string of the molecule is CN1C(=O)[C@@H](C[C@@H](O)CO)O[C@H](c2ccc(Cl)cc2)[C@@H]1c1ccc(Cl)cc1. The number of morpholine rings is 1. The number of hydrogen-bond acceptors (Lipinski definition) is 4. The molecule has 144 valence electrons. The largest absolute Gasteiger partial charge is 0.394 e. The van der Waals surface area contributed by atoms with Crippen LogP contribution in [0, 0.1) is 0 Å². The molecule has 1 aliphatic heterocycles. The first-order valence-electron chi connectivity index (χ1n) is 8.62. The Morgan fingerprint density at radius 1 is 1.04 bits per heavy atom. The van der Waals surface area contributed by atoms with Crippen LogP contribution in [-0.2, 0) is 9.53 Å².